The second-order valence-corrected chi connectivity index (χ2v) is 7.79. The minimum Gasteiger partial charge on any atom is -0.496 e. The Labute approximate surface area is 157 Å². The van der Waals surface area contributed by atoms with Crippen LogP contribution in [-0.2, 0) is 10.0 Å². The van der Waals surface area contributed by atoms with Gasteiger partial charge in [0.05, 0.1) is 17.7 Å². The molecular formula is C19H17ClN2O3S. The molecule has 0 fully saturated rings. The number of aryl methyl sites for hydroxylation is 1. The van der Waals surface area contributed by atoms with E-state index in [0.717, 1.165) is 16.7 Å². The quantitative estimate of drug-likeness (QED) is 0.697. The summed E-state index contributed by atoms with van der Waals surface area (Å²) in [5.41, 5.74) is 3.20. The Bertz CT molecular complexity index is 1050. The van der Waals surface area contributed by atoms with Crippen molar-refractivity contribution in [3.63, 3.8) is 0 Å². The molecule has 0 atom stereocenters. The van der Waals surface area contributed by atoms with Gasteiger partial charge >= 0.3 is 0 Å². The van der Waals surface area contributed by atoms with E-state index < -0.39 is 10.0 Å². The topological polar surface area (TPSA) is 68.3 Å². The highest BCUT2D eigenvalue weighted by molar-refractivity contribution is 7.92. The van der Waals surface area contributed by atoms with Gasteiger partial charge in [0.2, 0.25) is 0 Å². The summed E-state index contributed by atoms with van der Waals surface area (Å²) in [5.74, 6) is 0.549. The van der Waals surface area contributed by atoms with E-state index in [2.05, 4.69) is 9.71 Å². The number of benzene rings is 2. The van der Waals surface area contributed by atoms with Gasteiger partial charge in [-0.2, -0.15) is 0 Å². The van der Waals surface area contributed by atoms with Crippen LogP contribution in [0, 0.1) is 6.92 Å². The first kappa shape index (κ1) is 18.2. The lowest BCUT2D eigenvalue weighted by molar-refractivity contribution is 0.416. The molecule has 3 aromatic rings. The third-order valence-electron chi connectivity index (χ3n) is 3.89. The minimum absolute atomic E-state index is 0.0937. The molecule has 0 aliphatic heterocycles. The molecule has 7 heteroatoms. The normalized spacial score (nSPS) is 11.2. The van der Waals surface area contributed by atoms with Crippen LogP contribution < -0.4 is 9.46 Å². The highest BCUT2D eigenvalue weighted by atomic mass is 35.5. The summed E-state index contributed by atoms with van der Waals surface area (Å²) in [5, 5.41) is 0.354. The van der Waals surface area contributed by atoms with Crippen molar-refractivity contribution in [1.82, 2.24) is 4.98 Å². The first-order chi connectivity index (χ1) is 12.4. The van der Waals surface area contributed by atoms with E-state index in [1.165, 1.54) is 12.1 Å². The standard InChI is InChI=1S/C19H17ClN2O3S/c1-13-8-9-21-12-18(13)17-7-6-15(11-19(17)25-2)22-26(23,24)16-5-3-4-14(20)10-16/h3-12,22H,1-2H3. The summed E-state index contributed by atoms with van der Waals surface area (Å²) in [6, 6.07) is 13.1. The largest absolute Gasteiger partial charge is 0.496 e. The number of methoxy groups -OCH3 is 1. The molecule has 0 bridgehead atoms. The van der Waals surface area contributed by atoms with Crippen molar-refractivity contribution in [2.75, 3.05) is 11.8 Å². The number of nitrogens with one attached hydrogen (secondary N) is 1. The molecule has 0 spiro atoms. The van der Waals surface area contributed by atoms with Crippen molar-refractivity contribution in [3.05, 3.63) is 71.5 Å². The third-order valence-corrected chi connectivity index (χ3v) is 5.50. The first-order valence-corrected chi connectivity index (χ1v) is 9.64. The van der Waals surface area contributed by atoms with Crippen LogP contribution in [0.25, 0.3) is 11.1 Å². The molecule has 5 nitrogen and oxygen atoms in total. The Morgan fingerprint density at radius 1 is 1.08 bits per heavy atom. The van der Waals surface area contributed by atoms with Crippen molar-refractivity contribution < 1.29 is 13.2 Å². The number of sulfonamides is 1. The maximum atomic E-state index is 12.5. The van der Waals surface area contributed by atoms with E-state index in [1.54, 1.807) is 49.8 Å². The zero-order valence-corrected chi connectivity index (χ0v) is 15.8. The Morgan fingerprint density at radius 3 is 2.58 bits per heavy atom. The molecule has 134 valence electrons. The van der Waals surface area contributed by atoms with Gasteiger partial charge in [0.15, 0.2) is 0 Å². The van der Waals surface area contributed by atoms with Gasteiger partial charge in [0, 0.05) is 34.6 Å². The molecule has 1 heterocycles. The lowest BCUT2D eigenvalue weighted by Crippen LogP contribution is -2.13. The van der Waals surface area contributed by atoms with Gasteiger partial charge in [0.25, 0.3) is 10.0 Å². The lowest BCUT2D eigenvalue weighted by atomic mass is 10.0. The second-order valence-electron chi connectivity index (χ2n) is 5.67. The van der Waals surface area contributed by atoms with E-state index >= 15 is 0 Å². The number of anilines is 1. The lowest BCUT2D eigenvalue weighted by Gasteiger charge is -2.14. The van der Waals surface area contributed by atoms with Gasteiger partial charge in [-0.1, -0.05) is 17.7 Å². The molecule has 26 heavy (non-hydrogen) atoms. The van der Waals surface area contributed by atoms with Crippen molar-refractivity contribution in [2.24, 2.45) is 0 Å². The second kappa shape index (κ2) is 7.35. The van der Waals surface area contributed by atoms with E-state index in [-0.39, 0.29) is 4.90 Å². The predicted molar refractivity (Wildman–Crippen MR) is 103 cm³/mol. The van der Waals surface area contributed by atoms with Gasteiger partial charge in [-0.3, -0.25) is 9.71 Å². The molecule has 1 aromatic heterocycles. The molecule has 0 radical (unpaired) electrons. The molecule has 2 aromatic carbocycles. The summed E-state index contributed by atoms with van der Waals surface area (Å²) in [6.45, 7) is 1.98. The van der Waals surface area contributed by atoms with Crippen molar-refractivity contribution >= 4 is 27.3 Å². The summed E-state index contributed by atoms with van der Waals surface area (Å²) in [4.78, 5) is 4.24. The summed E-state index contributed by atoms with van der Waals surface area (Å²) in [7, 11) is -2.21. The molecule has 0 aliphatic rings. The van der Waals surface area contributed by atoms with Crippen LogP contribution in [0.1, 0.15) is 5.56 Å². The maximum Gasteiger partial charge on any atom is 0.261 e. The number of pyridine rings is 1. The summed E-state index contributed by atoms with van der Waals surface area (Å²) in [6.07, 6.45) is 3.47. The van der Waals surface area contributed by atoms with Crippen LogP contribution >= 0.6 is 11.6 Å². The summed E-state index contributed by atoms with van der Waals surface area (Å²) < 4.78 is 33.1. The van der Waals surface area contributed by atoms with Crippen molar-refractivity contribution in [3.8, 4) is 16.9 Å². The first-order valence-electron chi connectivity index (χ1n) is 7.78. The molecule has 0 saturated carbocycles. The number of hydrogen-bond acceptors (Lipinski definition) is 4. The number of nitrogens with zero attached hydrogens (tertiary/aromatic N) is 1. The van der Waals surface area contributed by atoms with Crippen molar-refractivity contribution in [2.45, 2.75) is 11.8 Å². The highest BCUT2D eigenvalue weighted by Crippen LogP contribution is 2.34. The number of ether oxygens (including phenoxy) is 1. The fourth-order valence-electron chi connectivity index (χ4n) is 2.57. The summed E-state index contributed by atoms with van der Waals surface area (Å²) >= 11 is 5.89. The fourth-order valence-corrected chi connectivity index (χ4v) is 3.92. The van der Waals surface area contributed by atoms with Crippen LogP contribution in [0.15, 0.2) is 65.8 Å². The van der Waals surface area contributed by atoms with Gasteiger partial charge in [-0.25, -0.2) is 8.42 Å². The third kappa shape index (κ3) is 3.81. The van der Waals surface area contributed by atoms with Crippen LogP contribution in [0.2, 0.25) is 5.02 Å². The van der Waals surface area contributed by atoms with Crippen LogP contribution in [0.4, 0.5) is 5.69 Å². The SMILES string of the molecule is COc1cc(NS(=O)(=O)c2cccc(Cl)c2)ccc1-c1cnccc1C. The molecule has 1 N–H and O–H groups in total. The van der Waals surface area contributed by atoms with E-state index in [4.69, 9.17) is 16.3 Å². The van der Waals surface area contributed by atoms with E-state index in [9.17, 15) is 8.42 Å². The molecule has 0 aliphatic carbocycles. The van der Waals surface area contributed by atoms with Crippen LogP contribution in [0.3, 0.4) is 0 Å². The van der Waals surface area contributed by atoms with E-state index in [1.807, 2.05) is 13.0 Å². The number of halogens is 1. The predicted octanol–water partition coefficient (Wildman–Crippen LogP) is 4.52. The van der Waals surface area contributed by atoms with Crippen molar-refractivity contribution in [1.29, 1.82) is 0 Å². The average Bonchev–Trinajstić information content (AvgIpc) is 2.62. The Kier molecular flexibility index (Phi) is 5.15. The van der Waals surface area contributed by atoms with Gasteiger partial charge in [-0.15, -0.1) is 0 Å². The fraction of sp³-hybridized carbons (Fsp3) is 0.105. The van der Waals surface area contributed by atoms with Crippen LogP contribution in [0.5, 0.6) is 5.75 Å². The minimum atomic E-state index is -3.75. The molecule has 0 amide bonds. The van der Waals surface area contributed by atoms with Crippen LogP contribution in [-0.4, -0.2) is 20.5 Å². The van der Waals surface area contributed by atoms with Gasteiger partial charge < -0.3 is 4.74 Å². The Balaban J connectivity index is 1.97. The smallest absolute Gasteiger partial charge is 0.261 e. The number of aromatic nitrogens is 1. The molecule has 0 unspecified atom stereocenters. The highest BCUT2D eigenvalue weighted by Gasteiger charge is 2.16. The average molecular weight is 389 g/mol. The number of hydrogen-bond donors (Lipinski definition) is 1. The van der Waals surface area contributed by atoms with Gasteiger partial charge in [-0.05, 0) is 48.9 Å². The maximum absolute atomic E-state index is 12.5. The number of rotatable bonds is 5. The monoisotopic (exact) mass is 388 g/mol. The van der Waals surface area contributed by atoms with Gasteiger partial charge in [0.1, 0.15) is 5.75 Å². The Hall–Kier alpha value is -2.57. The molecular weight excluding hydrogens is 372 g/mol. The molecule has 3 rings (SSSR count). The zero-order valence-electron chi connectivity index (χ0n) is 14.2. The molecule has 0 saturated heterocycles. The zero-order chi connectivity index (χ0) is 18.7. The Morgan fingerprint density at radius 2 is 1.88 bits per heavy atom. The van der Waals surface area contributed by atoms with E-state index in [0.29, 0.717) is 16.5 Å².